The van der Waals surface area contributed by atoms with Gasteiger partial charge in [-0.25, -0.2) is 0 Å². The molecule has 2 aromatic rings. The first-order chi connectivity index (χ1) is 10.0. The van der Waals surface area contributed by atoms with Gasteiger partial charge in [-0.05, 0) is 48.7 Å². The summed E-state index contributed by atoms with van der Waals surface area (Å²) in [6.45, 7) is 2.06. The summed E-state index contributed by atoms with van der Waals surface area (Å²) >= 11 is 9.64. The molecule has 0 aliphatic rings. The second-order valence-corrected chi connectivity index (χ2v) is 6.20. The van der Waals surface area contributed by atoms with E-state index in [1.165, 1.54) is 5.56 Å². The molecular formula is C16H18BrClN2O. The number of hydrogen-bond acceptors (Lipinski definition) is 3. The lowest BCUT2D eigenvalue weighted by atomic mass is 9.97. The maximum atomic E-state index is 6.09. The van der Waals surface area contributed by atoms with E-state index in [0.29, 0.717) is 11.4 Å². The first-order valence-corrected chi connectivity index (χ1v) is 7.77. The molecule has 1 unspecified atom stereocenters. The molecule has 0 saturated heterocycles. The van der Waals surface area contributed by atoms with E-state index < -0.39 is 0 Å². The van der Waals surface area contributed by atoms with E-state index in [-0.39, 0.29) is 6.04 Å². The minimum atomic E-state index is -0.0613. The summed E-state index contributed by atoms with van der Waals surface area (Å²) < 4.78 is 6.40. The molecule has 5 heteroatoms. The molecule has 0 aliphatic heterocycles. The summed E-state index contributed by atoms with van der Waals surface area (Å²) in [6.07, 6.45) is 0.709. The number of aryl methyl sites for hydroxylation is 1. The topological polar surface area (TPSA) is 47.3 Å². The summed E-state index contributed by atoms with van der Waals surface area (Å²) in [5, 5.41) is 0.685. The molecular weight excluding hydrogens is 352 g/mol. The maximum absolute atomic E-state index is 6.09. The van der Waals surface area contributed by atoms with Crippen molar-refractivity contribution in [1.82, 2.24) is 5.43 Å². The molecule has 2 aromatic carbocycles. The van der Waals surface area contributed by atoms with Gasteiger partial charge >= 0.3 is 0 Å². The number of benzene rings is 2. The van der Waals surface area contributed by atoms with Crippen LogP contribution in [0.25, 0.3) is 0 Å². The van der Waals surface area contributed by atoms with Crippen LogP contribution in [0.15, 0.2) is 40.9 Å². The lowest BCUT2D eigenvalue weighted by Crippen LogP contribution is -2.30. The molecule has 1 atom stereocenters. The Morgan fingerprint density at radius 3 is 2.71 bits per heavy atom. The van der Waals surface area contributed by atoms with Gasteiger partial charge in [0.2, 0.25) is 0 Å². The fourth-order valence-electron chi connectivity index (χ4n) is 2.33. The predicted octanol–water partition coefficient (Wildman–Crippen LogP) is 4.17. The first-order valence-electron chi connectivity index (χ1n) is 6.59. The highest BCUT2D eigenvalue weighted by molar-refractivity contribution is 9.10. The minimum Gasteiger partial charge on any atom is -0.496 e. The number of hydrazine groups is 1. The fourth-order valence-corrected chi connectivity index (χ4v) is 3.03. The van der Waals surface area contributed by atoms with Gasteiger partial charge < -0.3 is 4.74 Å². The van der Waals surface area contributed by atoms with Crippen LogP contribution in [0.1, 0.15) is 22.7 Å². The van der Waals surface area contributed by atoms with Crippen molar-refractivity contribution in [3.63, 3.8) is 0 Å². The Bertz CT molecular complexity index is 634. The lowest BCUT2D eigenvalue weighted by molar-refractivity contribution is 0.405. The highest BCUT2D eigenvalue weighted by Gasteiger charge is 2.16. The average Bonchev–Trinajstić information content (AvgIpc) is 2.47. The maximum Gasteiger partial charge on any atom is 0.122 e. The average molecular weight is 370 g/mol. The summed E-state index contributed by atoms with van der Waals surface area (Å²) in [5.74, 6) is 6.61. The molecule has 0 aliphatic carbocycles. The van der Waals surface area contributed by atoms with Crippen molar-refractivity contribution in [2.24, 2.45) is 5.84 Å². The number of nitrogens with one attached hydrogen (secondary N) is 1. The van der Waals surface area contributed by atoms with Gasteiger partial charge in [-0.1, -0.05) is 45.2 Å². The zero-order chi connectivity index (χ0) is 15.4. The Labute approximate surface area is 138 Å². The SMILES string of the molecule is COc1ccc(C)cc1CC(NN)c1cc(Cl)ccc1Br. The monoisotopic (exact) mass is 368 g/mol. The van der Waals surface area contributed by atoms with Gasteiger partial charge in [-0.2, -0.15) is 0 Å². The smallest absolute Gasteiger partial charge is 0.122 e. The first kappa shape index (κ1) is 16.3. The molecule has 0 spiro atoms. The van der Waals surface area contributed by atoms with E-state index in [2.05, 4.69) is 34.3 Å². The second-order valence-electron chi connectivity index (χ2n) is 4.90. The van der Waals surface area contributed by atoms with Crippen LogP contribution in [0.4, 0.5) is 0 Å². The molecule has 0 bridgehead atoms. The number of methoxy groups -OCH3 is 1. The van der Waals surface area contributed by atoms with Gasteiger partial charge in [0.15, 0.2) is 0 Å². The third-order valence-corrected chi connectivity index (χ3v) is 4.35. The standard InChI is InChI=1S/C16H18BrClN2O/c1-10-3-6-16(21-2)11(7-10)8-15(20-19)13-9-12(18)4-5-14(13)17/h3-7,9,15,20H,8,19H2,1-2H3. The largest absolute Gasteiger partial charge is 0.496 e. The number of hydrogen-bond donors (Lipinski definition) is 2. The zero-order valence-corrected chi connectivity index (χ0v) is 14.3. The van der Waals surface area contributed by atoms with Crippen molar-refractivity contribution in [2.75, 3.05) is 7.11 Å². The fraction of sp³-hybridized carbons (Fsp3) is 0.250. The van der Waals surface area contributed by atoms with E-state index in [0.717, 1.165) is 21.3 Å². The van der Waals surface area contributed by atoms with Gasteiger partial charge in [-0.15, -0.1) is 0 Å². The Hall–Kier alpha value is -1.07. The van der Waals surface area contributed by atoms with Crippen molar-refractivity contribution >= 4 is 27.5 Å². The highest BCUT2D eigenvalue weighted by atomic mass is 79.9. The number of ether oxygens (including phenoxy) is 1. The summed E-state index contributed by atoms with van der Waals surface area (Å²) in [7, 11) is 1.67. The van der Waals surface area contributed by atoms with Crippen LogP contribution >= 0.6 is 27.5 Å². The number of rotatable bonds is 5. The van der Waals surface area contributed by atoms with Crippen LogP contribution in [-0.4, -0.2) is 7.11 Å². The molecule has 3 N–H and O–H groups in total. The Morgan fingerprint density at radius 1 is 1.29 bits per heavy atom. The number of halogens is 2. The van der Waals surface area contributed by atoms with E-state index in [9.17, 15) is 0 Å². The van der Waals surface area contributed by atoms with E-state index in [1.807, 2.05) is 30.3 Å². The molecule has 0 saturated carbocycles. The normalized spacial score (nSPS) is 12.2. The molecule has 112 valence electrons. The van der Waals surface area contributed by atoms with Crippen molar-refractivity contribution in [2.45, 2.75) is 19.4 Å². The molecule has 3 nitrogen and oxygen atoms in total. The van der Waals surface area contributed by atoms with Crippen LogP contribution < -0.4 is 16.0 Å². The van der Waals surface area contributed by atoms with Crippen molar-refractivity contribution in [1.29, 1.82) is 0 Å². The second kappa shape index (κ2) is 7.27. The molecule has 0 fully saturated rings. The highest BCUT2D eigenvalue weighted by Crippen LogP contribution is 2.31. The summed E-state index contributed by atoms with van der Waals surface area (Å²) in [5.41, 5.74) is 6.17. The quantitative estimate of drug-likeness (QED) is 0.614. The van der Waals surface area contributed by atoms with Gasteiger partial charge in [0.1, 0.15) is 5.75 Å². The molecule has 2 rings (SSSR count). The third kappa shape index (κ3) is 3.98. The molecule has 0 heterocycles. The van der Waals surface area contributed by atoms with Gasteiger partial charge in [0, 0.05) is 9.50 Å². The Kier molecular flexibility index (Phi) is 5.65. The lowest BCUT2D eigenvalue weighted by Gasteiger charge is -2.20. The molecule has 0 aromatic heterocycles. The summed E-state index contributed by atoms with van der Waals surface area (Å²) in [4.78, 5) is 0. The van der Waals surface area contributed by atoms with E-state index >= 15 is 0 Å². The van der Waals surface area contributed by atoms with Gasteiger partial charge in [0.05, 0.1) is 13.2 Å². The molecule has 0 amide bonds. The van der Waals surface area contributed by atoms with Crippen molar-refractivity contribution < 1.29 is 4.74 Å². The van der Waals surface area contributed by atoms with Gasteiger partial charge in [-0.3, -0.25) is 11.3 Å². The van der Waals surface area contributed by atoms with Crippen LogP contribution in [0.3, 0.4) is 0 Å². The summed E-state index contributed by atoms with van der Waals surface area (Å²) in [6, 6.07) is 11.7. The van der Waals surface area contributed by atoms with Crippen LogP contribution in [0.5, 0.6) is 5.75 Å². The third-order valence-electron chi connectivity index (χ3n) is 3.39. The van der Waals surface area contributed by atoms with Crippen LogP contribution in [-0.2, 0) is 6.42 Å². The Balaban J connectivity index is 2.35. The van der Waals surface area contributed by atoms with E-state index in [4.69, 9.17) is 22.2 Å². The Morgan fingerprint density at radius 2 is 2.05 bits per heavy atom. The van der Waals surface area contributed by atoms with Crippen LogP contribution in [0, 0.1) is 6.92 Å². The van der Waals surface area contributed by atoms with Crippen molar-refractivity contribution in [3.8, 4) is 5.75 Å². The molecule has 0 radical (unpaired) electrons. The van der Waals surface area contributed by atoms with Crippen LogP contribution in [0.2, 0.25) is 5.02 Å². The zero-order valence-electron chi connectivity index (χ0n) is 12.0. The number of nitrogens with two attached hydrogens (primary N) is 1. The minimum absolute atomic E-state index is 0.0613. The predicted molar refractivity (Wildman–Crippen MR) is 90.7 cm³/mol. The van der Waals surface area contributed by atoms with E-state index in [1.54, 1.807) is 7.11 Å². The van der Waals surface area contributed by atoms with Gasteiger partial charge in [0.25, 0.3) is 0 Å². The van der Waals surface area contributed by atoms with Crippen molar-refractivity contribution in [3.05, 3.63) is 62.6 Å². The molecule has 21 heavy (non-hydrogen) atoms.